The lowest BCUT2D eigenvalue weighted by atomic mass is 9.95. The Morgan fingerprint density at radius 3 is 1.91 bits per heavy atom. The molecule has 0 amide bonds. The van der Waals surface area contributed by atoms with Crippen molar-refractivity contribution in [2.45, 2.75) is 18.9 Å². The van der Waals surface area contributed by atoms with Crippen LogP contribution in [-0.4, -0.2) is 31.5 Å². The summed E-state index contributed by atoms with van der Waals surface area (Å²) in [6.45, 7) is 1.79. The van der Waals surface area contributed by atoms with E-state index in [-0.39, 0.29) is 6.61 Å². The van der Waals surface area contributed by atoms with Crippen LogP contribution in [0.15, 0.2) is 58.8 Å². The number of methoxy groups -OCH3 is 2. The minimum absolute atomic E-state index is 0.0846. The lowest BCUT2D eigenvalue weighted by Gasteiger charge is -2.21. The Hall–Kier alpha value is -2.40. The summed E-state index contributed by atoms with van der Waals surface area (Å²) < 4.78 is 10.3. The Kier molecular flexibility index (Phi) is 5.71. The first-order valence-electron chi connectivity index (χ1n) is 7.39. The third-order valence-electron chi connectivity index (χ3n) is 3.56. The summed E-state index contributed by atoms with van der Waals surface area (Å²) >= 11 is 0. The molecule has 1 unspecified atom stereocenters. The topological polar surface area (TPSA) is 63.4 Å². The lowest BCUT2D eigenvalue weighted by Crippen LogP contribution is -2.29. The molecule has 0 fully saturated rings. The molecule has 2 rings (SSSR count). The Morgan fingerprint density at radius 1 is 0.913 bits per heavy atom. The molecule has 0 radical (unpaired) electrons. The van der Waals surface area contributed by atoms with Crippen LogP contribution in [0.5, 0.6) is 11.5 Å². The molecular weight excluding hydrogens is 292 g/mol. The monoisotopic (exact) mass is 314 g/mol. The molecule has 0 aromatic heterocycles. The number of nitrogens with zero attached hydrogens (tertiary/aromatic N) is 2. The zero-order chi connectivity index (χ0) is 16.7. The van der Waals surface area contributed by atoms with Gasteiger partial charge in [0.05, 0.1) is 26.5 Å². The number of benzene rings is 2. The number of hydrogen-bond donors (Lipinski definition) is 1. The van der Waals surface area contributed by atoms with Crippen molar-refractivity contribution in [3.8, 4) is 11.5 Å². The molecule has 2 aromatic rings. The average Bonchev–Trinajstić information content (AvgIpc) is 2.61. The van der Waals surface area contributed by atoms with E-state index < -0.39 is 5.54 Å². The lowest BCUT2D eigenvalue weighted by molar-refractivity contribution is 0.204. The fraction of sp³-hybridized carbons (Fsp3) is 0.333. The largest absolute Gasteiger partial charge is 0.497 e. The molecule has 5 heteroatoms. The fourth-order valence-electron chi connectivity index (χ4n) is 2.13. The van der Waals surface area contributed by atoms with Crippen LogP contribution < -0.4 is 9.47 Å². The van der Waals surface area contributed by atoms with Gasteiger partial charge < -0.3 is 14.6 Å². The second-order valence-corrected chi connectivity index (χ2v) is 5.58. The van der Waals surface area contributed by atoms with Gasteiger partial charge >= 0.3 is 0 Å². The molecule has 0 heterocycles. The van der Waals surface area contributed by atoms with Gasteiger partial charge in [-0.1, -0.05) is 12.1 Å². The van der Waals surface area contributed by atoms with Gasteiger partial charge in [0.15, 0.2) is 0 Å². The number of ether oxygens (including phenoxy) is 2. The maximum atomic E-state index is 9.71. The van der Waals surface area contributed by atoms with E-state index in [0.717, 1.165) is 22.7 Å². The van der Waals surface area contributed by atoms with E-state index in [1.807, 2.05) is 55.5 Å². The molecule has 5 nitrogen and oxygen atoms in total. The minimum Gasteiger partial charge on any atom is -0.497 e. The van der Waals surface area contributed by atoms with E-state index in [4.69, 9.17) is 9.47 Å². The van der Waals surface area contributed by atoms with E-state index in [1.54, 1.807) is 14.2 Å². The number of aliphatic hydroxyl groups is 1. The van der Waals surface area contributed by atoms with E-state index in [9.17, 15) is 5.11 Å². The van der Waals surface area contributed by atoms with E-state index in [1.165, 1.54) is 0 Å². The normalized spacial score (nSPS) is 13.7. The first kappa shape index (κ1) is 17.0. The van der Waals surface area contributed by atoms with Gasteiger partial charge in [0.25, 0.3) is 0 Å². The van der Waals surface area contributed by atoms with Crippen LogP contribution in [0.3, 0.4) is 0 Å². The molecule has 0 saturated heterocycles. The first-order chi connectivity index (χ1) is 11.1. The van der Waals surface area contributed by atoms with Gasteiger partial charge in [-0.25, -0.2) is 0 Å². The predicted octanol–water partition coefficient (Wildman–Crippen LogP) is 3.78. The third-order valence-corrected chi connectivity index (χ3v) is 3.56. The summed E-state index contributed by atoms with van der Waals surface area (Å²) in [5, 5.41) is 18.3. The Morgan fingerprint density at radius 2 is 1.43 bits per heavy atom. The Labute approximate surface area is 136 Å². The first-order valence-corrected chi connectivity index (χ1v) is 7.39. The SMILES string of the molecule is COc1ccc(CC(C)(CO)N=Nc2ccc(OC)cc2)cc1. The molecule has 2 aromatic carbocycles. The number of aliphatic hydroxyl groups excluding tert-OH is 1. The van der Waals surface area contributed by atoms with Gasteiger partial charge in [-0.05, 0) is 48.9 Å². The van der Waals surface area contributed by atoms with E-state index in [2.05, 4.69) is 10.2 Å². The highest BCUT2D eigenvalue weighted by atomic mass is 16.5. The molecule has 0 aliphatic carbocycles. The van der Waals surface area contributed by atoms with Gasteiger partial charge in [0.1, 0.15) is 17.0 Å². The quantitative estimate of drug-likeness (QED) is 0.791. The van der Waals surface area contributed by atoms with Crippen molar-refractivity contribution in [2.24, 2.45) is 10.2 Å². The highest BCUT2D eigenvalue weighted by molar-refractivity contribution is 5.40. The van der Waals surface area contributed by atoms with Crippen LogP contribution in [0.1, 0.15) is 12.5 Å². The molecule has 0 saturated carbocycles. The highest BCUT2D eigenvalue weighted by Crippen LogP contribution is 2.23. The van der Waals surface area contributed by atoms with Gasteiger partial charge in [0.2, 0.25) is 0 Å². The number of rotatable bonds is 7. The second kappa shape index (κ2) is 7.74. The number of azo groups is 1. The Bertz CT molecular complexity index is 638. The van der Waals surface area contributed by atoms with Crippen LogP contribution >= 0.6 is 0 Å². The number of hydrogen-bond acceptors (Lipinski definition) is 5. The Balaban J connectivity index is 2.10. The second-order valence-electron chi connectivity index (χ2n) is 5.58. The fourth-order valence-corrected chi connectivity index (χ4v) is 2.13. The van der Waals surface area contributed by atoms with Gasteiger partial charge in [-0.2, -0.15) is 10.2 Å². The standard InChI is InChI=1S/C18H22N2O3/c1-18(13-21,12-14-4-8-16(22-2)9-5-14)20-19-15-6-10-17(23-3)11-7-15/h4-11,21H,12-13H2,1-3H3. The molecule has 0 spiro atoms. The van der Waals surface area contributed by atoms with Crippen molar-refractivity contribution in [1.29, 1.82) is 0 Å². The van der Waals surface area contributed by atoms with Crippen LogP contribution in [0, 0.1) is 0 Å². The molecule has 23 heavy (non-hydrogen) atoms. The molecule has 0 aliphatic rings. The summed E-state index contributed by atoms with van der Waals surface area (Å²) in [6, 6.07) is 15.0. The smallest absolute Gasteiger partial charge is 0.119 e. The third kappa shape index (κ3) is 4.79. The van der Waals surface area contributed by atoms with Crippen molar-refractivity contribution in [2.75, 3.05) is 20.8 Å². The van der Waals surface area contributed by atoms with Crippen LogP contribution in [0.2, 0.25) is 0 Å². The van der Waals surface area contributed by atoms with Gasteiger partial charge in [-0.15, -0.1) is 0 Å². The van der Waals surface area contributed by atoms with Crippen molar-refractivity contribution in [3.63, 3.8) is 0 Å². The van der Waals surface area contributed by atoms with Gasteiger partial charge in [0, 0.05) is 6.42 Å². The van der Waals surface area contributed by atoms with Crippen molar-refractivity contribution >= 4 is 5.69 Å². The van der Waals surface area contributed by atoms with Gasteiger partial charge in [-0.3, -0.25) is 0 Å². The molecular formula is C18H22N2O3. The van der Waals surface area contributed by atoms with Crippen LogP contribution in [-0.2, 0) is 6.42 Å². The summed E-state index contributed by atoms with van der Waals surface area (Å²) in [4.78, 5) is 0. The van der Waals surface area contributed by atoms with Crippen molar-refractivity contribution in [1.82, 2.24) is 0 Å². The van der Waals surface area contributed by atoms with E-state index in [0.29, 0.717) is 6.42 Å². The summed E-state index contributed by atoms with van der Waals surface area (Å²) in [5.74, 6) is 1.58. The molecule has 0 aliphatic heterocycles. The minimum atomic E-state index is -0.672. The maximum absolute atomic E-state index is 9.71. The zero-order valence-electron chi connectivity index (χ0n) is 13.7. The summed E-state index contributed by atoms with van der Waals surface area (Å²) in [7, 11) is 3.25. The maximum Gasteiger partial charge on any atom is 0.119 e. The molecule has 0 bridgehead atoms. The summed E-state index contributed by atoms with van der Waals surface area (Å²) in [6.07, 6.45) is 0.590. The molecule has 1 atom stereocenters. The van der Waals surface area contributed by atoms with Crippen molar-refractivity contribution in [3.05, 3.63) is 54.1 Å². The van der Waals surface area contributed by atoms with Crippen LogP contribution in [0.25, 0.3) is 0 Å². The predicted molar refractivity (Wildman–Crippen MR) is 89.7 cm³/mol. The molecule has 1 N–H and O–H groups in total. The average molecular weight is 314 g/mol. The summed E-state index contributed by atoms with van der Waals surface area (Å²) in [5.41, 5.74) is 1.12. The zero-order valence-corrected chi connectivity index (χ0v) is 13.7. The van der Waals surface area contributed by atoms with E-state index >= 15 is 0 Å². The van der Waals surface area contributed by atoms with Crippen molar-refractivity contribution < 1.29 is 14.6 Å². The highest BCUT2D eigenvalue weighted by Gasteiger charge is 2.23. The van der Waals surface area contributed by atoms with Crippen LogP contribution in [0.4, 0.5) is 5.69 Å². The molecule has 122 valence electrons.